The zero-order valence-electron chi connectivity index (χ0n) is 15.7. The number of pyridine rings is 1. The van der Waals surface area contributed by atoms with E-state index in [-0.39, 0.29) is 22.3 Å². The van der Waals surface area contributed by atoms with Crippen LogP contribution in [0, 0.1) is 40.1 Å². The van der Waals surface area contributed by atoms with Crippen molar-refractivity contribution in [2.45, 2.75) is 0 Å². The minimum absolute atomic E-state index is 0.0248. The van der Waals surface area contributed by atoms with Crippen LogP contribution in [0.4, 0.5) is 13.2 Å². The number of fused-ring (bicyclic) bond motifs is 4. The molecule has 0 bridgehead atoms. The molecule has 3 aromatic rings. The Labute approximate surface area is 175 Å². The Morgan fingerprint density at radius 3 is 2.16 bits per heavy atom. The third-order valence-electron chi connectivity index (χ3n) is 5.46. The van der Waals surface area contributed by atoms with Gasteiger partial charge in [0.05, 0.1) is 17.8 Å². The van der Waals surface area contributed by atoms with Crippen molar-refractivity contribution in [1.82, 2.24) is 4.98 Å². The van der Waals surface area contributed by atoms with E-state index >= 15 is 0 Å². The molecule has 0 saturated carbocycles. The van der Waals surface area contributed by atoms with Crippen molar-refractivity contribution < 1.29 is 13.2 Å². The number of allylic oxidation sites excluding steroid dienone is 5. The molecule has 0 N–H and O–H groups in total. The van der Waals surface area contributed by atoms with Crippen LogP contribution in [0.15, 0.2) is 66.4 Å². The lowest BCUT2D eigenvalue weighted by atomic mass is 9.91. The van der Waals surface area contributed by atoms with E-state index in [0.29, 0.717) is 16.8 Å². The van der Waals surface area contributed by atoms with Gasteiger partial charge < -0.3 is 0 Å². The van der Waals surface area contributed by atoms with Crippen molar-refractivity contribution in [3.63, 3.8) is 0 Å². The number of rotatable bonds is 0. The highest BCUT2D eigenvalue weighted by atomic mass is 19.2. The van der Waals surface area contributed by atoms with Crippen LogP contribution in [0.25, 0.3) is 28.0 Å². The molecule has 0 unspecified atom stereocenters. The van der Waals surface area contributed by atoms with Crippen molar-refractivity contribution in [2.24, 2.45) is 0 Å². The molecule has 3 nitrogen and oxygen atoms in total. The first-order chi connectivity index (χ1) is 15.1. The van der Waals surface area contributed by atoms with Crippen LogP contribution >= 0.6 is 0 Å². The molecule has 2 aromatic carbocycles. The second-order valence-corrected chi connectivity index (χ2v) is 6.98. The molecule has 0 spiro atoms. The monoisotopic (exact) mass is 409 g/mol. The topological polar surface area (TPSA) is 60.5 Å². The number of benzene rings is 2. The summed E-state index contributed by atoms with van der Waals surface area (Å²) in [5.41, 5.74) is 4.11. The molecule has 2 aliphatic rings. The molecular formula is C25H10F3N3. The second-order valence-electron chi connectivity index (χ2n) is 6.98. The number of halogens is 3. The lowest BCUT2D eigenvalue weighted by Crippen LogP contribution is -1.97. The summed E-state index contributed by atoms with van der Waals surface area (Å²) in [6, 6.07) is 15.6. The molecule has 0 saturated heterocycles. The van der Waals surface area contributed by atoms with E-state index in [4.69, 9.17) is 0 Å². The molecule has 0 radical (unpaired) electrons. The van der Waals surface area contributed by atoms with Crippen LogP contribution in [0.5, 0.6) is 0 Å². The molecule has 0 fully saturated rings. The lowest BCUT2D eigenvalue weighted by molar-refractivity contribution is 0.445. The van der Waals surface area contributed by atoms with E-state index in [2.05, 4.69) is 4.98 Å². The van der Waals surface area contributed by atoms with Crippen LogP contribution < -0.4 is 0 Å². The van der Waals surface area contributed by atoms with Crippen molar-refractivity contribution >= 4 is 16.7 Å². The summed E-state index contributed by atoms with van der Waals surface area (Å²) >= 11 is 0. The molecule has 0 aliphatic heterocycles. The van der Waals surface area contributed by atoms with Crippen LogP contribution in [-0.4, -0.2) is 4.98 Å². The van der Waals surface area contributed by atoms with Crippen molar-refractivity contribution in [3.05, 3.63) is 106 Å². The maximum absolute atomic E-state index is 14.9. The number of hydrogen-bond donors (Lipinski definition) is 0. The number of aromatic nitrogens is 1. The van der Waals surface area contributed by atoms with Gasteiger partial charge in [0.2, 0.25) is 0 Å². The summed E-state index contributed by atoms with van der Waals surface area (Å²) in [6.07, 6.45) is 3.90. The van der Waals surface area contributed by atoms with Gasteiger partial charge in [0.15, 0.2) is 17.5 Å². The van der Waals surface area contributed by atoms with Gasteiger partial charge >= 0.3 is 0 Å². The van der Waals surface area contributed by atoms with Gasteiger partial charge in [-0.25, -0.2) is 13.2 Å². The molecule has 5 rings (SSSR count). The van der Waals surface area contributed by atoms with Gasteiger partial charge in [-0.2, -0.15) is 10.5 Å². The Kier molecular flexibility index (Phi) is 4.10. The average Bonchev–Trinajstić information content (AvgIpc) is 3.25. The van der Waals surface area contributed by atoms with E-state index in [1.54, 1.807) is 12.3 Å². The van der Waals surface area contributed by atoms with Gasteiger partial charge in [0.25, 0.3) is 0 Å². The van der Waals surface area contributed by atoms with E-state index in [1.807, 2.05) is 42.5 Å². The van der Waals surface area contributed by atoms with Gasteiger partial charge in [-0.3, -0.25) is 4.98 Å². The maximum atomic E-state index is 14.9. The first-order valence-corrected chi connectivity index (χ1v) is 9.26. The largest absolute Gasteiger partial charge is 0.256 e. The Bertz CT molecular complexity index is 1430. The number of hydrogen-bond acceptors (Lipinski definition) is 3. The number of nitrogens with zero attached hydrogens (tertiary/aromatic N) is 3. The fourth-order valence-electron chi connectivity index (χ4n) is 4.31. The maximum Gasteiger partial charge on any atom is 0.195 e. The Morgan fingerprint density at radius 2 is 1.42 bits per heavy atom. The minimum atomic E-state index is -1.63. The highest BCUT2D eigenvalue weighted by molar-refractivity contribution is 6.19. The summed E-state index contributed by atoms with van der Waals surface area (Å²) in [7, 11) is 0. The molecule has 2 aliphatic carbocycles. The standard InChI is InChI=1S/C25H10F3N3/c26-19-12-18-14(7-9-29)20(16(8-10-30)22(18)24(28)23(19)27)21-13-4-1-2-5-15(13)25-17(21)6-3-11-31-25/h1-8,11-12H/b14-7+,16-8?,21-20-. The fraction of sp³-hybridized carbons (Fsp3) is 0. The highest BCUT2D eigenvalue weighted by Crippen LogP contribution is 2.54. The normalized spacial score (nSPS) is 18.5. The van der Waals surface area contributed by atoms with Gasteiger partial charge in [-0.1, -0.05) is 30.3 Å². The summed E-state index contributed by atoms with van der Waals surface area (Å²) in [5.74, 6) is -4.38. The van der Waals surface area contributed by atoms with Crippen molar-refractivity contribution in [1.29, 1.82) is 10.5 Å². The molecular weight excluding hydrogens is 399 g/mol. The van der Waals surface area contributed by atoms with Crippen LogP contribution in [0.1, 0.15) is 22.3 Å². The Balaban J connectivity index is 1.99. The van der Waals surface area contributed by atoms with Crippen molar-refractivity contribution in [3.8, 4) is 23.4 Å². The smallest absolute Gasteiger partial charge is 0.195 e. The highest BCUT2D eigenvalue weighted by Gasteiger charge is 2.38. The predicted octanol–water partition coefficient (Wildman–Crippen LogP) is 5.81. The van der Waals surface area contributed by atoms with Crippen LogP contribution in [0.3, 0.4) is 0 Å². The number of nitriles is 2. The molecule has 1 aromatic heterocycles. The van der Waals surface area contributed by atoms with E-state index in [1.165, 1.54) is 0 Å². The summed E-state index contributed by atoms with van der Waals surface area (Å²) in [5, 5.41) is 18.8. The van der Waals surface area contributed by atoms with E-state index in [9.17, 15) is 23.7 Å². The zero-order chi connectivity index (χ0) is 21.7. The summed E-state index contributed by atoms with van der Waals surface area (Å²) in [4.78, 5) is 4.46. The van der Waals surface area contributed by atoms with Gasteiger partial charge in [0.1, 0.15) is 0 Å². The first-order valence-electron chi connectivity index (χ1n) is 9.26. The third kappa shape index (κ3) is 2.49. The van der Waals surface area contributed by atoms with Crippen LogP contribution in [-0.2, 0) is 0 Å². The molecule has 146 valence electrons. The zero-order valence-corrected chi connectivity index (χ0v) is 15.7. The lowest BCUT2D eigenvalue weighted by Gasteiger charge is -2.11. The quantitative estimate of drug-likeness (QED) is 0.272. The molecule has 0 amide bonds. The van der Waals surface area contributed by atoms with Gasteiger partial charge in [0, 0.05) is 57.3 Å². The predicted molar refractivity (Wildman–Crippen MR) is 109 cm³/mol. The SMILES string of the molecule is N#CC=C1C(=C2/c3ccccc3-c3ncccc32)/C(=C/C#N)c2cc(F)c(F)c(F)c21. The molecule has 1 heterocycles. The molecule has 31 heavy (non-hydrogen) atoms. The fourth-order valence-corrected chi connectivity index (χ4v) is 4.31. The summed E-state index contributed by atoms with van der Waals surface area (Å²) < 4.78 is 43.1. The van der Waals surface area contributed by atoms with Gasteiger partial charge in [-0.15, -0.1) is 0 Å². The third-order valence-corrected chi connectivity index (χ3v) is 5.46. The van der Waals surface area contributed by atoms with Crippen molar-refractivity contribution in [2.75, 3.05) is 0 Å². The minimum Gasteiger partial charge on any atom is -0.256 e. The molecule has 6 heteroatoms. The summed E-state index contributed by atoms with van der Waals surface area (Å²) in [6.45, 7) is 0. The average molecular weight is 409 g/mol. The Hall–Kier alpha value is -4.42. The van der Waals surface area contributed by atoms with E-state index in [0.717, 1.165) is 34.9 Å². The second kappa shape index (κ2) is 6.83. The van der Waals surface area contributed by atoms with Crippen LogP contribution in [0.2, 0.25) is 0 Å². The van der Waals surface area contributed by atoms with Gasteiger partial charge in [-0.05, 0) is 23.3 Å². The molecule has 0 atom stereocenters. The van der Waals surface area contributed by atoms with E-state index < -0.39 is 17.5 Å². The first kappa shape index (κ1) is 18.6. The Morgan fingerprint density at radius 1 is 0.742 bits per heavy atom.